The lowest BCUT2D eigenvalue weighted by molar-refractivity contribution is 0.102. The largest absolute Gasteiger partial charge is 0.508 e. The lowest BCUT2D eigenvalue weighted by Gasteiger charge is -2.22. The van der Waals surface area contributed by atoms with Crippen LogP contribution < -0.4 is 5.73 Å². The van der Waals surface area contributed by atoms with Gasteiger partial charge in [-0.1, -0.05) is 67.4 Å². The number of aromatic hydroxyl groups is 1. The summed E-state index contributed by atoms with van der Waals surface area (Å²) in [4.78, 5) is 17.1. The molecule has 0 unspecified atom stereocenters. The van der Waals surface area contributed by atoms with Crippen molar-refractivity contribution in [2.75, 3.05) is 11.5 Å². The second-order valence-electron chi connectivity index (χ2n) is 8.37. The number of phenolic OH excluding ortho intramolecular Hbond substituents is 1. The number of nitrogen functional groups attached to an aromatic ring is 1. The summed E-state index contributed by atoms with van der Waals surface area (Å²) in [5, 5.41) is 29.4. The van der Waals surface area contributed by atoms with Gasteiger partial charge in [0, 0.05) is 11.1 Å². The number of benzene rings is 2. The Morgan fingerprint density at radius 2 is 1.65 bits per heavy atom. The highest BCUT2D eigenvalue weighted by Gasteiger charge is 2.22. The zero-order chi connectivity index (χ0) is 24.1. The molecular formula is C27H24N4O2S. The van der Waals surface area contributed by atoms with Gasteiger partial charge in [0.05, 0.1) is 11.3 Å². The first-order chi connectivity index (χ1) is 16.5. The molecule has 1 heterocycles. The maximum absolute atomic E-state index is 12.9. The molecule has 0 aliphatic heterocycles. The molecule has 1 fully saturated rings. The van der Waals surface area contributed by atoms with E-state index < -0.39 is 0 Å². The first kappa shape index (κ1) is 23.4. The number of nitrogens with two attached hydrogens (primary N) is 1. The van der Waals surface area contributed by atoms with E-state index >= 15 is 0 Å². The number of phenols is 1. The van der Waals surface area contributed by atoms with Crippen molar-refractivity contribution >= 4 is 23.4 Å². The smallest absolute Gasteiger partial charge is 0.173 e. The van der Waals surface area contributed by atoms with Gasteiger partial charge < -0.3 is 10.8 Å². The van der Waals surface area contributed by atoms with E-state index in [1.54, 1.807) is 12.1 Å². The van der Waals surface area contributed by atoms with Crippen LogP contribution in [-0.4, -0.2) is 21.6 Å². The molecule has 3 N–H and O–H groups in total. The van der Waals surface area contributed by atoms with Crippen LogP contribution in [0.1, 0.15) is 65.1 Å². The molecule has 0 amide bonds. The molecule has 3 aromatic rings. The van der Waals surface area contributed by atoms with Gasteiger partial charge in [-0.15, -0.1) is 0 Å². The van der Waals surface area contributed by atoms with Crippen molar-refractivity contribution in [3.05, 3.63) is 70.8 Å². The quantitative estimate of drug-likeness (QED) is 0.346. The average molecular weight is 469 g/mol. The molecule has 1 aliphatic rings. The number of hydrogen-bond donors (Lipinski definition) is 2. The number of pyridine rings is 1. The summed E-state index contributed by atoms with van der Waals surface area (Å²) >= 11 is 1.13. The van der Waals surface area contributed by atoms with E-state index in [1.165, 1.54) is 49.8 Å². The minimum atomic E-state index is -0.0694. The molecule has 2 aromatic carbocycles. The fourth-order valence-corrected chi connectivity index (χ4v) is 5.30. The van der Waals surface area contributed by atoms with Crippen LogP contribution in [0.25, 0.3) is 11.1 Å². The Labute approximate surface area is 203 Å². The number of thioether (sulfide) groups is 1. The molecule has 1 saturated carbocycles. The van der Waals surface area contributed by atoms with E-state index in [0.29, 0.717) is 27.6 Å². The Bertz CT molecular complexity index is 1280. The predicted octanol–water partition coefficient (Wildman–Crippen LogP) is 5.80. The van der Waals surface area contributed by atoms with Gasteiger partial charge in [0.25, 0.3) is 0 Å². The highest BCUT2D eigenvalue weighted by molar-refractivity contribution is 8.00. The van der Waals surface area contributed by atoms with E-state index in [-0.39, 0.29) is 34.2 Å². The summed E-state index contributed by atoms with van der Waals surface area (Å²) in [7, 11) is 0. The molecule has 4 rings (SSSR count). The molecule has 7 heteroatoms. The van der Waals surface area contributed by atoms with Crippen LogP contribution in [0.4, 0.5) is 5.82 Å². The van der Waals surface area contributed by atoms with Gasteiger partial charge in [0.15, 0.2) is 5.78 Å². The van der Waals surface area contributed by atoms with Crippen LogP contribution in [0, 0.1) is 22.7 Å². The van der Waals surface area contributed by atoms with Crippen molar-refractivity contribution in [1.82, 2.24) is 4.98 Å². The lowest BCUT2D eigenvalue weighted by Crippen LogP contribution is -2.07. The summed E-state index contributed by atoms with van der Waals surface area (Å²) in [6, 6.07) is 18.2. The van der Waals surface area contributed by atoms with Gasteiger partial charge in [-0.25, -0.2) is 4.98 Å². The topological polar surface area (TPSA) is 124 Å². The van der Waals surface area contributed by atoms with Crippen LogP contribution >= 0.6 is 11.8 Å². The van der Waals surface area contributed by atoms with Gasteiger partial charge in [-0.2, -0.15) is 10.5 Å². The zero-order valence-corrected chi connectivity index (χ0v) is 19.4. The number of nitriles is 2. The molecule has 0 atom stereocenters. The number of hydrogen-bond acceptors (Lipinski definition) is 7. The number of nitrogens with zero attached hydrogens (tertiary/aromatic N) is 3. The zero-order valence-electron chi connectivity index (χ0n) is 18.6. The van der Waals surface area contributed by atoms with Gasteiger partial charge in [0.1, 0.15) is 34.3 Å². The molecular weight excluding hydrogens is 444 g/mol. The summed E-state index contributed by atoms with van der Waals surface area (Å²) in [5.41, 5.74) is 9.13. The number of aromatic nitrogens is 1. The summed E-state index contributed by atoms with van der Waals surface area (Å²) in [5.74, 6) is 0.661. The average Bonchev–Trinajstić information content (AvgIpc) is 2.88. The highest BCUT2D eigenvalue weighted by atomic mass is 32.2. The number of ketones is 1. The Balaban J connectivity index is 1.57. The molecule has 6 nitrogen and oxygen atoms in total. The van der Waals surface area contributed by atoms with Gasteiger partial charge >= 0.3 is 0 Å². The summed E-state index contributed by atoms with van der Waals surface area (Å²) < 4.78 is 0. The Morgan fingerprint density at radius 1 is 1.00 bits per heavy atom. The third kappa shape index (κ3) is 4.90. The fourth-order valence-electron chi connectivity index (χ4n) is 4.41. The van der Waals surface area contributed by atoms with Crippen molar-refractivity contribution in [2.24, 2.45) is 0 Å². The first-order valence-electron chi connectivity index (χ1n) is 11.2. The first-order valence-corrected chi connectivity index (χ1v) is 12.2. The van der Waals surface area contributed by atoms with Crippen LogP contribution in [0.15, 0.2) is 53.6 Å². The second-order valence-corrected chi connectivity index (χ2v) is 9.33. The van der Waals surface area contributed by atoms with Crippen LogP contribution in [-0.2, 0) is 0 Å². The minimum absolute atomic E-state index is 0.00337. The molecule has 1 aliphatic carbocycles. The number of Topliss-reactive ketones (excluding diaryl/α,β-unsaturated/α-hetero) is 1. The van der Waals surface area contributed by atoms with Crippen LogP contribution in [0.5, 0.6) is 5.75 Å². The van der Waals surface area contributed by atoms with E-state index in [2.05, 4.69) is 23.2 Å². The van der Waals surface area contributed by atoms with Crippen LogP contribution in [0.3, 0.4) is 0 Å². The van der Waals surface area contributed by atoms with E-state index in [9.17, 15) is 20.4 Å². The molecule has 0 saturated heterocycles. The predicted molar refractivity (Wildman–Crippen MR) is 133 cm³/mol. The van der Waals surface area contributed by atoms with Gasteiger partial charge in [-0.05, 0) is 42.0 Å². The molecule has 170 valence electrons. The van der Waals surface area contributed by atoms with E-state index in [0.717, 1.165) is 11.8 Å². The Kier molecular flexibility index (Phi) is 7.15. The van der Waals surface area contributed by atoms with E-state index in [4.69, 9.17) is 5.73 Å². The van der Waals surface area contributed by atoms with Gasteiger partial charge in [-0.3, -0.25) is 4.79 Å². The van der Waals surface area contributed by atoms with Crippen molar-refractivity contribution in [1.29, 1.82) is 10.5 Å². The maximum atomic E-state index is 12.9. The molecule has 0 spiro atoms. The third-order valence-corrected chi connectivity index (χ3v) is 7.20. The highest BCUT2D eigenvalue weighted by Crippen LogP contribution is 2.36. The van der Waals surface area contributed by atoms with Gasteiger partial charge in [0.2, 0.25) is 0 Å². The monoisotopic (exact) mass is 468 g/mol. The molecule has 0 radical (unpaired) electrons. The van der Waals surface area contributed by atoms with Crippen molar-refractivity contribution in [2.45, 2.75) is 43.0 Å². The number of anilines is 1. The second kappa shape index (κ2) is 10.4. The van der Waals surface area contributed by atoms with Crippen molar-refractivity contribution in [3.8, 4) is 29.0 Å². The fraction of sp³-hybridized carbons (Fsp3) is 0.259. The number of rotatable bonds is 6. The lowest BCUT2D eigenvalue weighted by atomic mass is 9.84. The SMILES string of the molecule is N#Cc1c(N)nc(SCC(=O)c2ccc(C3CCCCC3)cc2)c(C#N)c1-c1ccc(O)cc1. The standard InChI is InChI=1S/C27H24N4O2S/c28-14-22-25(20-10-12-21(32)13-11-20)23(15-29)27(31-26(22)30)34-16-24(33)19-8-6-18(7-9-19)17-4-2-1-3-5-17/h6-13,17,32H,1-5,16H2,(H2,30,31). The van der Waals surface area contributed by atoms with Crippen molar-refractivity contribution in [3.63, 3.8) is 0 Å². The normalized spacial score (nSPS) is 13.7. The minimum Gasteiger partial charge on any atom is -0.508 e. The Hall–Kier alpha value is -3.81. The van der Waals surface area contributed by atoms with Crippen LogP contribution in [0.2, 0.25) is 0 Å². The Morgan fingerprint density at radius 3 is 2.26 bits per heavy atom. The summed E-state index contributed by atoms with van der Waals surface area (Å²) in [6.07, 6.45) is 6.23. The number of carbonyl (C=O) groups excluding carboxylic acids is 1. The number of carbonyl (C=O) groups is 1. The summed E-state index contributed by atoms with van der Waals surface area (Å²) in [6.45, 7) is 0. The third-order valence-electron chi connectivity index (χ3n) is 6.22. The van der Waals surface area contributed by atoms with E-state index in [1.807, 2.05) is 18.2 Å². The molecule has 0 bridgehead atoms. The maximum Gasteiger partial charge on any atom is 0.173 e. The molecule has 34 heavy (non-hydrogen) atoms. The molecule has 1 aromatic heterocycles. The van der Waals surface area contributed by atoms with Crippen molar-refractivity contribution < 1.29 is 9.90 Å².